The number of hydrogen-bond donors (Lipinski definition) is 1. The van der Waals surface area contributed by atoms with Crippen LogP contribution in [0.1, 0.15) is 12.5 Å². The molecule has 2 aliphatic rings. The van der Waals surface area contributed by atoms with E-state index in [0.29, 0.717) is 14.9 Å². The molecule has 1 amide bonds. The van der Waals surface area contributed by atoms with Crippen LogP contribution < -0.4 is 9.64 Å². The number of anilines is 1. The fraction of sp³-hybridized carbons (Fsp3) is 0.100. The number of hydrogen-bond acceptors (Lipinski definition) is 5. The molecule has 0 spiro atoms. The van der Waals surface area contributed by atoms with Crippen LogP contribution in [0.5, 0.6) is 11.5 Å². The van der Waals surface area contributed by atoms with Crippen LogP contribution in [0.3, 0.4) is 0 Å². The predicted molar refractivity (Wildman–Crippen MR) is 108 cm³/mol. The Morgan fingerprint density at radius 1 is 1.19 bits per heavy atom. The minimum absolute atomic E-state index is 0.145. The summed E-state index contributed by atoms with van der Waals surface area (Å²) < 4.78 is 6.40. The van der Waals surface area contributed by atoms with E-state index < -0.39 is 0 Å². The molecule has 6 heteroatoms. The molecule has 2 aromatic carbocycles. The van der Waals surface area contributed by atoms with Gasteiger partial charge in [0.25, 0.3) is 5.91 Å². The normalized spacial score (nSPS) is 20.8. The molecule has 0 aliphatic carbocycles. The third-order valence-corrected chi connectivity index (χ3v) is 5.52. The van der Waals surface area contributed by atoms with Crippen LogP contribution in [0.4, 0.5) is 5.69 Å². The first-order valence-corrected chi connectivity index (χ1v) is 9.29. The van der Waals surface area contributed by atoms with Gasteiger partial charge in [0.1, 0.15) is 17.6 Å². The highest BCUT2D eigenvalue weighted by Crippen LogP contribution is 2.38. The van der Waals surface area contributed by atoms with Crippen LogP contribution in [-0.2, 0) is 4.79 Å². The summed E-state index contributed by atoms with van der Waals surface area (Å²) in [5, 5.41) is 9.43. The Labute approximate surface area is 160 Å². The number of phenols is 1. The lowest BCUT2D eigenvalue weighted by atomic mass is 10.0. The van der Waals surface area contributed by atoms with Crippen molar-refractivity contribution < 1.29 is 14.6 Å². The minimum Gasteiger partial charge on any atom is -0.508 e. The summed E-state index contributed by atoms with van der Waals surface area (Å²) in [5.74, 6) is 0.818. The topological polar surface area (TPSA) is 49.8 Å². The lowest BCUT2D eigenvalue weighted by molar-refractivity contribution is -0.113. The van der Waals surface area contributed by atoms with Gasteiger partial charge in [-0.2, -0.15) is 0 Å². The van der Waals surface area contributed by atoms with Gasteiger partial charge in [-0.1, -0.05) is 42.2 Å². The van der Waals surface area contributed by atoms with Gasteiger partial charge in [-0.05, 0) is 55.0 Å². The average molecular weight is 381 g/mol. The quantitative estimate of drug-likeness (QED) is 0.613. The second kappa shape index (κ2) is 6.63. The molecule has 0 saturated carbocycles. The van der Waals surface area contributed by atoms with Gasteiger partial charge in [0, 0.05) is 5.56 Å². The SMILES string of the molecule is CC1Oc2ccccc2C=C1/C=C1/SC(=S)N(c2ccc(O)cc2)C1=O. The lowest BCUT2D eigenvalue weighted by Crippen LogP contribution is -2.27. The van der Waals surface area contributed by atoms with Crippen molar-refractivity contribution in [3.63, 3.8) is 0 Å². The number of amides is 1. The summed E-state index contributed by atoms with van der Waals surface area (Å²) in [7, 11) is 0. The summed E-state index contributed by atoms with van der Waals surface area (Å²) in [5.41, 5.74) is 2.56. The monoisotopic (exact) mass is 381 g/mol. The van der Waals surface area contributed by atoms with Crippen molar-refractivity contribution in [1.29, 1.82) is 0 Å². The molecule has 1 fully saturated rings. The fourth-order valence-corrected chi connectivity index (χ4v) is 4.16. The zero-order valence-corrected chi connectivity index (χ0v) is 15.5. The highest BCUT2D eigenvalue weighted by molar-refractivity contribution is 8.27. The molecule has 1 saturated heterocycles. The summed E-state index contributed by atoms with van der Waals surface area (Å²) in [4.78, 5) is 14.9. The molecular weight excluding hydrogens is 366 g/mol. The largest absolute Gasteiger partial charge is 0.508 e. The van der Waals surface area contributed by atoms with Crippen molar-refractivity contribution in [2.24, 2.45) is 0 Å². The number of thioether (sulfide) groups is 1. The minimum atomic E-state index is -0.169. The van der Waals surface area contributed by atoms with E-state index in [0.717, 1.165) is 16.9 Å². The van der Waals surface area contributed by atoms with Gasteiger partial charge in [0.2, 0.25) is 0 Å². The van der Waals surface area contributed by atoms with Crippen LogP contribution in [0, 0.1) is 0 Å². The smallest absolute Gasteiger partial charge is 0.270 e. The Balaban J connectivity index is 1.66. The summed E-state index contributed by atoms with van der Waals surface area (Å²) in [6.45, 7) is 1.96. The predicted octanol–water partition coefficient (Wildman–Crippen LogP) is 4.51. The van der Waals surface area contributed by atoms with Crippen molar-refractivity contribution in [2.45, 2.75) is 13.0 Å². The van der Waals surface area contributed by atoms with Gasteiger partial charge in [0.15, 0.2) is 4.32 Å². The number of aromatic hydroxyl groups is 1. The van der Waals surface area contributed by atoms with Gasteiger partial charge in [0.05, 0.1) is 10.6 Å². The van der Waals surface area contributed by atoms with E-state index in [4.69, 9.17) is 17.0 Å². The van der Waals surface area contributed by atoms with Crippen LogP contribution in [0.15, 0.2) is 65.1 Å². The molecule has 4 nitrogen and oxygen atoms in total. The molecule has 2 heterocycles. The fourth-order valence-electron chi connectivity index (χ4n) is 2.86. The highest BCUT2D eigenvalue weighted by atomic mass is 32.2. The number of phenolic OH excluding ortho intramolecular Hbond substituents is 1. The maximum atomic E-state index is 12.8. The Hall–Kier alpha value is -2.57. The van der Waals surface area contributed by atoms with Gasteiger partial charge < -0.3 is 9.84 Å². The van der Waals surface area contributed by atoms with Crippen molar-refractivity contribution in [1.82, 2.24) is 0 Å². The number of carbonyl (C=O) groups is 1. The van der Waals surface area contributed by atoms with E-state index >= 15 is 0 Å². The van der Waals surface area contributed by atoms with Crippen LogP contribution in [0.25, 0.3) is 6.08 Å². The van der Waals surface area contributed by atoms with Crippen molar-refractivity contribution >= 4 is 46.0 Å². The first-order valence-electron chi connectivity index (χ1n) is 8.07. The third-order valence-electron chi connectivity index (χ3n) is 4.21. The van der Waals surface area contributed by atoms with E-state index in [2.05, 4.69) is 0 Å². The standard InChI is InChI=1S/C20H15NO3S2/c1-12-14(10-13-4-2-3-5-17(13)24-12)11-18-19(23)21(20(25)26-18)15-6-8-16(22)9-7-15/h2-12,22H,1H3/b18-11+. The zero-order valence-electron chi connectivity index (χ0n) is 13.9. The van der Waals surface area contributed by atoms with Crippen LogP contribution in [-0.4, -0.2) is 21.4 Å². The van der Waals surface area contributed by atoms with E-state index in [-0.39, 0.29) is 17.8 Å². The summed E-state index contributed by atoms with van der Waals surface area (Å²) in [6, 6.07) is 14.2. The summed E-state index contributed by atoms with van der Waals surface area (Å²) in [6.07, 6.45) is 3.73. The number of thiocarbonyl (C=S) groups is 1. The summed E-state index contributed by atoms with van der Waals surface area (Å²) >= 11 is 6.65. The molecule has 0 radical (unpaired) electrons. The first-order chi connectivity index (χ1) is 12.5. The number of para-hydroxylation sites is 1. The number of ether oxygens (including phenoxy) is 1. The molecular formula is C20H15NO3S2. The van der Waals surface area contributed by atoms with Crippen molar-refractivity contribution in [3.05, 3.63) is 70.6 Å². The van der Waals surface area contributed by atoms with Crippen molar-refractivity contribution in [3.8, 4) is 11.5 Å². The van der Waals surface area contributed by atoms with Gasteiger partial charge in [-0.25, -0.2) is 0 Å². The van der Waals surface area contributed by atoms with Gasteiger partial charge in [-0.15, -0.1) is 0 Å². The molecule has 2 aromatic rings. The third kappa shape index (κ3) is 3.02. The number of carbonyl (C=O) groups excluding carboxylic acids is 1. The molecule has 0 bridgehead atoms. The number of fused-ring (bicyclic) bond motifs is 1. The Morgan fingerprint density at radius 3 is 2.69 bits per heavy atom. The Bertz CT molecular complexity index is 963. The van der Waals surface area contributed by atoms with E-state index in [1.54, 1.807) is 12.1 Å². The number of benzene rings is 2. The molecule has 4 rings (SSSR count). The molecule has 1 N–H and O–H groups in total. The zero-order chi connectivity index (χ0) is 18.3. The molecule has 130 valence electrons. The second-order valence-electron chi connectivity index (χ2n) is 5.98. The van der Waals surface area contributed by atoms with E-state index in [1.807, 2.05) is 43.3 Å². The maximum absolute atomic E-state index is 12.8. The number of nitrogens with zero attached hydrogens (tertiary/aromatic N) is 1. The molecule has 1 unspecified atom stereocenters. The Morgan fingerprint density at radius 2 is 1.92 bits per heavy atom. The van der Waals surface area contributed by atoms with Crippen LogP contribution in [0.2, 0.25) is 0 Å². The molecule has 1 atom stereocenters. The van der Waals surface area contributed by atoms with E-state index in [1.165, 1.54) is 28.8 Å². The first kappa shape index (κ1) is 16.9. The molecule has 26 heavy (non-hydrogen) atoms. The maximum Gasteiger partial charge on any atom is 0.270 e. The van der Waals surface area contributed by atoms with Crippen LogP contribution >= 0.6 is 24.0 Å². The van der Waals surface area contributed by atoms with Gasteiger partial charge >= 0.3 is 0 Å². The van der Waals surface area contributed by atoms with Gasteiger partial charge in [-0.3, -0.25) is 9.69 Å². The number of rotatable bonds is 2. The lowest BCUT2D eigenvalue weighted by Gasteiger charge is -2.23. The Kier molecular flexibility index (Phi) is 4.30. The van der Waals surface area contributed by atoms with E-state index in [9.17, 15) is 9.90 Å². The highest BCUT2D eigenvalue weighted by Gasteiger charge is 2.34. The second-order valence-corrected chi connectivity index (χ2v) is 7.65. The molecule has 0 aromatic heterocycles. The van der Waals surface area contributed by atoms with Crippen molar-refractivity contribution in [2.75, 3.05) is 4.90 Å². The average Bonchev–Trinajstić information content (AvgIpc) is 2.90. The molecule has 2 aliphatic heterocycles.